The van der Waals surface area contributed by atoms with E-state index in [1.807, 2.05) is 11.4 Å². The van der Waals surface area contributed by atoms with Gasteiger partial charge in [-0.1, -0.05) is 19.8 Å². The van der Waals surface area contributed by atoms with Crippen LogP contribution in [0.15, 0.2) is 15.9 Å². The maximum Gasteiger partial charge on any atom is 0.265 e. The molecule has 1 unspecified atom stereocenters. The lowest BCUT2D eigenvalue weighted by Crippen LogP contribution is -2.39. The summed E-state index contributed by atoms with van der Waals surface area (Å²) in [6.45, 7) is 3.10. The fourth-order valence-electron chi connectivity index (χ4n) is 2.45. The van der Waals surface area contributed by atoms with Gasteiger partial charge in [-0.05, 0) is 46.6 Å². The zero-order valence-corrected chi connectivity index (χ0v) is 12.5. The fraction of sp³-hybridized carbons (Fsp3) is 0.615. The average Bonchev–Trinajstić information content (AvgIpc) is 2.64. The Morgan fingerprint density at radius 2 is 2.35 bits per heavy atom. The molecule has 0 aliphatic carbocycles. The first-order valence-electron chi connectivity index (χ1n) is 6.28. The summed E-state index contributed by atoms with van der Waals surface area (Å²) in [5.74, 6) is 0.209. The van der Waals surface area contributed by atoms with E-state index >= 15 is 0 Å². The number of amides is 1. The third kappa shape index (κ3) is 2.91. The summed E-state index contributed by atoms with van der Waals surface area (Å²) in [4.78, 5) is 15.4. The molecule has 0 N–H and O–H groups in total. The predicted octanol–water partition coefficient (Wildman–Crippen LogP) is 4.31. The molecule has 0 bridgehead atoms. The smallest absolute Gasteiger partial charge is 0.265 e. The zero-order valence-electron chi connectivity index (χ0n) is 10.1. The highest BCUT2D eigenvalue weighted by Gasteiger charge is 2.26. The van der Waals surface area contributed by atoms with Crippen LogP contribution >= 0.6 is 27.3 Å². The molecule has 1 aliphatic rings. The van der Waals surface area contributed by atoms with Crippen LogP contribution in [0.4, 0.5) is 0 Å². The van der Waals surface area contributed by atoms with Crippen molar-refractivity contribution in [1.29, 1.82) is 0 Å². The highest BCUT2D eigenvalue weighted by atomic mass is 79.9. The van der Waals surface area contributed by atoms with E-state index in [1.54, 1.807) is 0 Å². The Hall–Kier alpha value is -0.350. The number of carbonyl (C=O) groups is 1. The maximum atomic E-state index is 12.5. The van der Waals surface area contributed by atoms with Crippen molar-refractivity contribution in [3.8, 4) is 0 Å². The van der Waals surface area contributed by atoms with Gasteiger partial charge in [0.1, 0.15) is 4.88 Å². The average molecular weight is 316 g/mol. The third-order valence-corrected chi connectivity index (χ3v) is 5.25. The lowest BCUT2D eigenvalue weighted by atomic mass is 10.1. The van der Waals surface area contributed by atoms with Gasteiger partial charge in [0.25, 0.3) is 5.91 Å². The van der Waals surface area contributed by atoms with Crippen LogP contribution in [0, 0.1) is 0 Å². The van der Waals surface area contributed by atoms with Crippen molar-refractivity contribution in [1.82, 2.24) is 4.90 Å². The summed E-state index contributed by atoms with van der Waals surface area (Å²) in [5.41, 5.74) is 0. The first kappa shape index (κ1) is 13.1. The van der Waals surface area contributed by atoms with Gasteiger partial charge in [-0.15, -0.1) is 11.3 Å². The van der Waals surface area contributed by atoms with Gasteiger partial charge in [0.2, 0.25) is 0 Å². The number of likely N-dealkylation sites (tertiary alicyclic amines) is 1. The van der Waals surface area contributed by atoms with E-state index in [-0.39, 0.29) is 5.91 Å². The van der Waals surface area contributed by atoms with Gasteiger partial charge in [-0.3, -0.25) is 4.79 Å². The van der Waals surface area contributed by atoms with Crippen LogP contribution in [0.25, 0.3) is 0 Å². The van der Waals surface area contributed by atoms with Crippen LogP contribution in [0.2, 0.25) is 0 Å². The highest BCUT2D eigenvalue weighted by molar-refractivity contribution is 9.10. The van der Waals surface area contributed by atoms with Crippen LogP contribution in [0.3, 0.4) is 0 Å². The number of hydrogen-bond acceptors (Lipinski definition) is 2. The quantitative estimate of drug-likeness (QED) is 0.796. The van der Waals surface area contributed by atoms with E-state index in [0.717, 1.165) is 35.2 Å². The summed E-state index contributed by atoms with van der Waals surface area (Å²) in [6.07, 6.45) is 5.88. The van der Waals surface area contributed by atoms with Crippen molar-refractivity contribution in [3.05, 3.63) is 20.8 Å². The van der Waals surface area contributed by atoms with E-state index < -0.39 is 0 Å². The molecule has 2 heterocycles. The fourth-order valence-corrected chi connectivity index (χ4v) is 3.94. The van der Waals surface area contributed by atoms with Crippen molar-refractivity contribution in [2.45, 2.75) is 45.1 Å². The Balaban J connectivity index is 2.18. The van der Waals surface area contributed by atoms with Gasteiger partial charge in [-0.25, -0.2) is 0 Å². The van der Waals surface area contributed by atoms with Crippen LogP contribution in [-0.2, 0) is 0 Å². The molecule has 1 aliphatic heterocycles. The molecule has 17 heavy (non-hydrogen) atoms. The summed E-state index contributed by atoms with van der Waals surface area (Å²) >= 11 is 4.99. The molecule has 1 aromatic heterocycles. The molecule has 1 saturated heterocycles. The first-order valence-corrected chi connectivity index (χ1v) is 7.95. The van der Waals surface area contributed by atoms with E-state index in [9.17, 15) is 4.79 Å². The van der Waals surface area contributed by atoms with Crippen molar-refractivity contribution >= 4 is 33.2 Å². The van der Waals surface area contributed by atoms with Crippen LogP contribution in [0.5, 0.6) is 0 Å². The minimum absolute atomic E-state index is 0.209. The molecular weight excluding hydrogens is 298 g/mol. The molecule has 1 aromatic rings. The second-order valence-corrected chi connectivity index (χ2v) is 6.28. The number of halogens is 1. The van der Waals surface area contributed by atoms with E-state index in [4.69, 9.17) is 0 Å². The Morgan fingerprint density at radius 1 is 1.53 bits per heavy atom. The molecule has 1 atom stereocenters. The third-order valence-electron chi connectivity index (χ3n) is 3.42. The molecule has 1 fully saturated rings. The number of nitrogens with zero attached hydrogens (tertiary/aromatic N) is 1. The Bertz CT molecular complexity index is 391. The van der Waals surface area contributed by atoms with Gasteiger partial charge >= 0.3 is 0 Å². The molecule has 2 nitrogen and oxygen atoms in total. The standard InChI is InChI=1S/C13H18BrNOS/c1-2-10-6-4-3-5-8-15(10)13(16)12-11(14)7-9-17-12/h7,9-10H,2-6,8H2,1H3. The van der Waals surface area contributed by atoms with Crippen LogP contribution in [0.1, 0.15) is 48.7 Å². The van der Waals surface area contributed by atoms with E-state index in [1.165, 1.54) is 24.2 Å². The Kier molecular flexibility index (Phi) is 4.62. The molecular formula is C13H18BrNOS. The summed E-state index contributed by atoms with van der Waals surface area (Å²) in [5, 5.41) is 1.97. The predicted molar refractivity (Wildman–Crippen MR) is 75.6 cm³/mol. The molecule has 0 aromatic carbocycles. The number of hydrogen-bond donors (Lipinski definition) is 0. The van der Waals surface area contributed by atoms with Gasteiger partial charge in [-0.2, -0.15) is 0 Å². The molecule has 0 spiro atoms. The van der Waals surface area contributed by atoms with E-state index in [0.29, 0.717) is 6.04 Å². The summed E-state index contributed by atoms with van der Waals surface area (Å²) in [6, 6.07) is 2.38. The lowest BCUT2D eigenvalue weighted by molar-refractivity contribution is 0.0682. The lowest BCUT2D eigenvalue weighted by Gasteiger charge is -2.29. The first-order chi connectivity index (χ1) is 8.24. The number of carbonyl (C=O) groups excluding carboxylic acids is 1. The van der Waals surface area contributed by atoms with Crippen molar-refractivity contribution in [2.75, 3.05) is 6.54 Å². The van der Waals surface area contributed by atoms with Crippen molar-refractivity contribution < 1.29 is 4.79 Å². The highest BCUT2D eigenvalue weighted by Crippen LogP contribution is 2.27. The van der Waals surface area contributed by atoms with Crippen molar-refractivity contribution in [3.63, 3.8) is 0 Å². The monoisotopic (exact) mass is 315 g/mol. The van der Waals surface area contributed by atoms with E-state index in [2.05, 4.69) is 27.8 Å². The van der Waals surface area contributed by atoms with Gasteiger partial charge in [0.15, 0.2) is 0 Å². The van der Waals surface area contributed by atoms with Crippen LogP contribution in [-0.4, -0.2) is 23.4 Å². The van der Waals surface area contributed by atoms with Crippen LogP contribution < -0.4 is 0 Å². The minimum atomic E-state index is 0.209. The zero-order chi connectivity index (χ0) is 12.3. The molecule has 0 radical (unpaired) electrons. The molecule has 0 saturated carbocycles. The van der Waals surface area contributed by atoms with Gasteiger partial charge in [0, 0.05) is 17.1 Å². The Morgan fingerprint density at radius 3 is 3.00 bits per heavy atom. The minimum Gasteiger partial charge on any atom is -0.335 e. The number of thiophene rings is 1. The second-order valence-electron chi connectivity index (χ2n) is 4.51. The summed E-state index contributed by atoms with van der Waals surface area (Å²) in [7, 11) is 0. The van der Waals surface area contributed by atoms with Crippen molar-refractivity contribution in [2.24, 2.45) is 0 Å². The van der Waals surface area contributed by atoms with Gasteiger partial charge < -0.3 is 4.90 Å². The largest absolute Gasteiger partial charge is 0.335 e. The second kappa shape index (κ2) is 6.01. The molecule has 94 valence electrons. The maximum absolute atomic E-state index is 12.5. The molecule has 2 rings (SSSR count). The Labute approximate surface area is 115 Å². The normalized spacial score (nSPS) is 21.3. The molecule has 4 heteroatoms. The number of rotatable bonds is 2. The summed E-state index contributed by atoms with van der Waals surface area (Å²) < 4.78 is 0.937. The topological polar surface area (TPSA) is 20.3 Å². The molecule has 1 amide bonds. The van der Waals surface area contributed by atoms with Gasteiger partial charge in [0.05, 0.1) is 0 Å². The SMILES string of the molecule is CCC1CCCCCN1C(=O)c1sccc1Br.